The maximum absolute atomic E-state index is 13.8. The van der Waals surface area contributed by atoms with Crippen molar-refractivity contribution in [1.82, 2.24) is 9.21 Å². The van der Waals surface area contributed by atoms with Crippen LogP contribution in [0.4, 0.5) is 15.8 Å². The number of nitrogen functional groups attached to an aromatic ring is 1. The largest absolute Gasteiger partial charge is 0.393 e. The Bertz CT molecular complexity index is 1190. The summed E-state index contributed by atoms with van der Waals surface area (Å²) in [6, 6.07) is 6.77. The Balaban J connectivity index is 1.50. The van der Waals surface area contributed by atoms with Crippen molar-refractivity contribution >= 4 is 27.3 Å². The van der Waals surface area contributed by atoms with E-state index in [9.17, 15) is 27.7 Å². The van der Waals surface area contributed by atoms with Crippen LogP contribution >= 0.6 is 0 Å². The zero-order chi connectivity index (χ0) is 23.0. The number of halogens is 1. The Labute approximate surface area is 184 Å². The summed E-state index contributed by atoms with van der Waals surface area (Å²) in [6.45, 7) is 0.241. The monoisotopic (exact) mass is 462 g/mol. The molecule has 1 aliphatic heterocycles. The van der Waals surface area contributed by atoms with E-state index >= 15 is 0 Å². The quantitative estimate of drug-likeness (QED) is 0.422. The Hall–Kier alpha value is -3.05. The van der Waals surface area contributed by atoms with Gasteiger partial charge in [0.25, 0.3) is 11.6 Å². The molecule has 1 fully saturated rings. The first-order valence-corrected chi connectivity index (χ1v) is 11.8. The molecule has 0 spiro atoms. The summed E-state index contributed by atoms with van der Waals surface area (Å²) in [5.41, 5.74) is 6.59. The highest BCUT2D eigenvalue weighted by atomic mass is 32.2. The number of amides is 1. The zero-order valence-electron chi connectivity index (χ0n) is 17.3. The van der Waals surface area contributed by atoms with E-state index in [1.807, 2.05) is 6.07 Å². The second kappa shape index (κ2) is 8.47. The number of sulfonamides is 1. The molecule has 2 N–H and O–H groups in total. The Morgan fingerprint density at radius 1 is 1.03 bits per heavy atom. The van der Waals surface area contributed by atoms with Crippen LogP contribution in [0.2, 0.25) is 0 Å². The van der Waals surface area contributed by atoms with Gasteiger partial charge in [0, 0.05) is 26.2 Å². The van der Waals surface area contributed by atoms with Crippen LogP contribution < -0.4 is 5.73 Å². The molecule has 1 amide bonds. The molecule has 4 rings (SSSR count). The van der Waals surface area contributed by atoms with Crippen molar-refractivity contribution in [2.75, 3.05) is 31.9 Å². The summed E-state index contributed by atoms with van der Waals surface area (Å²) < 4.78 is 41.4. The highest BCUT2D eigenvalue weighted by molar-refractivity contribution is 7.89. The number of benzene rings is 2. The zero-order valence-corrected chi connectivity index (χ0v) is 18.1. The van der Waals surface area contributed by atoms with Gasteiger partial charge in [-0.2, -0.15) is 4.31 Å². The number of aryl methyl sites for hydroxylation is 2. The summed E-state index contributed by atoms with van der Waals surface area (Å²) in [5.74, 6) is -1.61. The second-order valence-corrected chi connectivity index (χ2v) is 9.92. The SMILES string of the molecule is Nc1c(C(=O)N2CCN(S(=O)(=O)c3ccc4c(c3)CCCC4)CC2)cc(F)cc1[N+](=O)[O-]. The maximum atomic E-state index is 13.8. The van der Waals surface area contributed by atoms with Gasteiger partial charge in [0.15, 0.2) is 0 Å². The van der Waals surface area contributed by atoms with Gasteiger partial charge in [-0.25, -0.2) is 12.8 Å². The number of hydrogen-bond donors (Lipinski definition) is 1. The number of piperazine rings is 1. The molecule has 1 aliphatic carbocycles. The lowest BCUT2D eigenvalue weighted by atomic mass is 9.92. The second-order valence-electron chi connectivity index (χ2n) is 7.98. The predicted octanol–water partition coefficient (Wildman–Crippen LogP) is 2.34. The minimum atomic E-state index is -3.72. The number of anilines is 1. The lowest BCUT2D eigenvalue weighted by Crippen LogP contribution is -2.50. The first kappa shape index (κ1) is 22.2. The lowest BCUT2D eigenvalue weighted by Gasteiger charge is -2.34. The number of nitrogens with two attached hydrogens (primary N) is 1. The van der Waals surface area contributed by atoms with Gasteiger partial charge in [-0.1, -0.05) is 6.07 Å². The summed E-state index contributed by atoms with van der Waals surface area (Å²) in [4.78, 5) is 24.6. The van der Waals surface area contributed by atoms with E-state index < -0.39 is 38.0 Å². The third-order valence-electron chi connectivity index (χ3n) is 6.03. The number of nitro benzene ring substituents is 1. The number of nitro groups is 1. The average Bonchev–Trinajstić information content (AvgIpc) is 2.79. The van der Waals surface area contributed by atoms with Crippen LogP contribution in [0, 0.1) is 15.9 Å². The van der Waals surface area contributed by atoms with E-state index in [0.29, 0.717) is 6.07 Å². The summed E-state index contributed by atoms with van der Waals surface area (Å²) >= 11 is 0. The molecule has 2 aliphatic rings. The lowest BCUT2D eigenvalue weighted by molar-refractivity contribution is -0.384. The first-order chi connectivity index (χ1) is 15.2. The number of rotatable bonds is 4. The van der Waals surface area contributed by atoms with Crippen LogP contribution in [0.1, 0.15) is 34.3 Å². The van der Waals surface area contributed by atoms with Crippen LogP contribution in [-0.4, -0.2) is 54.6 Å². The van der Waals surface area contributed by atoms with E-state index in [4.69, 9.17) is 5.73 Å². The number of hydrogen-bond acceptors (Lipinski definition) is 6. The summed E-state index contributed by atoms with van der Waals surface area (Å²) in [6.07, 6.45) is 3.96. The number of nitrogens with zero attached hydrogens (tertiary/aromatic N) is 3. The Kier molecular flexibility index (Phi) is 5.87. The number of fused-ring (bicyclic) bond motifs is 1. The minimum Gasteiger partial charge on any atom is -0.393 e. The normalized spacial score (nSPS) is 17.1. The van der Waals surface area contributed by atoms with Gasteiger partial charge in [-0.15, -0.1) is 0 Å². The third kappa shape index (κ3) is 4.05. The van der Waals surface area contributed by atoms with Crippen LogP contribution in [0.3, 0.4) is 0 Å². The van der Waals surface area contributed by atoms with Gasteiger partial charge in [0.2, 0.25) is 10.0 Å². The highest BCUT2D eigenvalue weighted by Crippen LogP contribution is 2.29. The molecule has 1 saturated heterocycles. The maximum Gasteiger partial charge on any atom is 0.295 e. The van der Waals surface area contributed by atoms with E-state index in [2.05, 4.69) is 0 Å². The standard InChI is InChI=1S/C21H23FN4O5S/c22-16-12-18(20(23)19(13-16)26(28)29)21(27)24-7-9-25(10-8-24)32(30,31)17-6-5-14-3-1-2-4-15(14)11-17/h5-6,11-13H,1-4,7-10,23H2. The number of carbonyl (C=O) groups is 1. The minimum absolute atomic E-state index is 0.0580. The molecule has 170 valence electrons. The fourth-order valence-corrected chi connectivity index (χ4v) is 5.73. The molecule has 2 aromatic carbocycles. The molecule has 0 saturated carbocycles. The van der Waals surface area contributed by atoms with E-state index in [0.717, 1.165) is 37.3 Å². The smallest absolute Gasteiger partial charge is 0.295 e. The number of carbonyl (C=O) groups excluding carboxylic acids is 1. The van der Waals surface area contributed by atoms with Crippen molar-refractivity contribution in [3.63, 3.8) is 0 Å². The molecule has 0 atom stereocenters. The van der Waals surface area contributed by atoms with Crippen molar-refractivity contribution in [2.45, 2.75) is 30.6 Å². The van der Waals surface area contributed by atoms with Crippen molar-refractivity contribution < 1.29 is 22.5 Å². The van der Waals surface area contributed by atoms with Gasteiger partial charge in [0.05, 0.1) is 21.4 Å². The van der Waals surface area contributed by atoms with Gasteiger partial charge >= 0.3 is 0 Å². The molecule has 0 bridgehead atoms. The van der Waals surface area contributed by atoms with Gasteiger partial charge < -0.3 is 10.6 Å². The van der Waals surface area contributed by atoms with Crippen molar-refractivity contribution in [2.24, 2.45) is 0 Å². The predicted molar refractivity (Wildman–Crippen MR) is 115 cm³/mol. The van der Waals surface area contributed by atoms with Crippen LogP contribution in [0.25, 0.3) is 0 Å². The fraction of sp³-hybridized carbons (Fsp3) is 0.381. The van der Waals surface area contributed by atoms with Crippen molar-refractivity contribution in [1.29, 1.82) is 0 Å². The van der Waals surface area contributed by atoms with E-state index in [1.165, 1.54) is 14.8 Å². The highest BCUT2D eigenvalue weighted by Gasteiger charge is 2.32. The molecule has 0 unspecified atom stereocenters. The molecule has 9 nitrogen and oxygen atoms in total. The summed E-state index contributed by atoms with van der Waals surface area (Å²) in [7, 11) is -3.72. The molecule has 1 heterocycles. The Morgan fingerprint density at radius 3 is 2.34 bits per heavy atom. The van der Waals surface area contributed by atoms with Crippen molar-refractivity contribution in [3.8, 4) is 0 Å². The van der Waals surface area contributed by atoms with Gasteiger partial charge in [-0.3, -0.25) is 14.9 Å². The summed E-state index contributed by atoms with van der Waals surface area (Å²) in [5, 5.41) is 11.1. The molecule has 11 heteroatoms. The molecule has 0 aromatic heterocycles. The fourth-order valence-electron chi connectivity index (χ4n) is 4.25. The molecule has 32 heavy (non-hydrogen) atoms. The topological polar surface area (TPSA) is 127 Å². The van der Waals surface area contributed by atoms with Gasteiger partial charge in [-0.05, 0) is 55.0 Å². The molecule has 0 radical (unpaired) electrons. The average molecular weight is 463 g/mol. The molecule has 2 aromatic rings. The van der Waals surface area contributed by atoms with E-state index in [1.54, 1.807) is 12.1 Å². The Morgan fingerprint density at radius 2 is 1.69 bits per heavy atom. The van der Waals surface area contributed by atoms with Crippen LogP contribution in [0.15, 0.2) is 35.2 Å². The third-order valence-corrected chi connectivity index (χ3v) is 7.93. The van der Waals surface area contributed by atoms with Crippen LogP contribution in [0.5, 0.6) is 0 Å². The van der Waals surface area contributed by atoms with Gasteiger partial charge in [0.1, 0.15) is 11.5 Å². The molecular formula is C21H23FN4O5S. The molecular weight excluding hydrogens is 439 g/mol. The van der Waals surface area contributed by atoms with Crippen molar-refractivity contribution in [3.05, 3.63) is 63.0 Å². The van der Waals surface area contributed by atoms with E-state index in [-0.39, 0.29) is 36.6 Å². The first-order valence-electron chi connectivity index (χ1n) is 10.3. The van der Waals surface area contributed by atoms with Crippen LogP contribution in [-0.2, 0) is 22.9 Å².